The fraction of sp³-hybridized carbons (Fsp3) is 0.318. The number of thiocarbonyl (C=S) groups is 1. The molecule has 2 aliphatic heterocycles. The highest BCUT2D eigenvalue weighted by atomic mass is 32.1. The van der Waals surface area contributed by atoms with Gasteiger partial charge in [0.1, 0.15) is 17.4 Å². The van der Waals surface area contributed by atoms with Crippen LogP contribution in [0.2, 0.25) is 0 Å². The van der Waals surface area contributed by atoms with Crippen molar-refractivity contribution in [3.8, 4) is 5.75 Å². The molecule has 0 spiro atoms. The average molecular weight is 407 g/mol. The van der Waals surface area contributed by atoms with E-state index in [2.05, 4.69) is 4.85 Å². The second kappa shape index (κ2) is 7.14. The van der Waals surface area contributed by atoms with E-state index in [4.69, 9.17) is 28.3 Å². The first kappa shape index (κ1) is 19.4. The monoisotopic (exact) mass is 407 g/mol. The van der Waals surface area contributed by atoms with Crippen LogP contribution in [-0.2, 0) is 9.53 Å². The van der Waals surface area contributed by atoms with Gasteiger partial charge in [-0.25, -0.2) is 4.85 Å². The molecule has 2 fully saturated rings. The normalized spacial score (nSPS) is 18.6. The summed E-state index contributed by atoms with van der Waals surface area (Å²) in [5.41, 5.74) is 2.03. The minimum atomic E-state index is -0.840. The molecule has 4 rings (SSSR count). The Morgan fingerprint density at radius 1 is 1.17 bits per heavy atom. The van der Waals surface area contributed by atoms with E-state index in [1.807, 2.05) is 56.0 Å². The third kappa shape index (κ3) is 3.24. The lowest BCUT2D eigenvalue weighted by Gasteiger charge is -2.30. The molecule has 0 bridgehead atoms. The van der Waals surface area contributed by atoms with Gasteiger partial charge in [-0.1, -0.05) is 6.07 Å². The van der Waals surface area contributed by atoms with Crippen molar-refractivity contribution in [2.75, 3.05) is 23.0 Å². The maximum atomic E-state index is 13.2. The Balaban J connectivity index is 1.64. The van der Waals surface area contributed by atoms with Crippen LogP contribution in [0.3, 0.4) is 0 Å². The van der Waals surface area contributed by atoms with Crippen LogP contribution in [0.4, 0.5) is 17.1 Å². The fourth-order valence-electron chi connectivity index (χ4n) is 3.51. The van der Waals surface area contributed by atoms with Crippen molar-refractivity contribution in [3.63, 3.8) is 0 Å². The van der Waals surface area contributed by atoms with E-state index < -0.39 is 5.54 Å². The second-order valence-electron chi connectivity index (χ2n) is 7.67. The van der Waals surface area contributed by atoms with Crippen LogP contribution >= 0.6 is 12.2 Å². The Morgan fingerprint density at radius 2 is 1.83 bits per heavy atom. The van der Waals surface area contributed by atoms with Gasteiger partial charge in [0.2, 0.25) is 0 Å². The molecular weight excluding hydrogens is 386 g/mol. The van der Waals surface area contributed by atoms with Crippen molar-refractivity contribution in [2.45, 2.75) is 32.4 Å². The molecule has 2 aromatic carbocycles. The van der Waals surface area contributed by atoms with Crippen LogP contribution in [-0.4, -0.2) is 35.9 Å². The van der Waals surface area contributed by atoms with E-state index in [1.54, 1.807) is 17.0 Å². The van der Waals surface area contributed by atoms with Crippen LogP contribution < -0.4 is 14.5 Å². The third-order valence-electron chi connectivity index (χ3n) is 5.23. The number of hydrogen-bond acceptors (Lipinski definition) is 4. The summed E-state index contributed by atoms with van der Waals surface area (Å²) in [6.07, 6.45) is 0.101. The smallest absolute Gasteiger partial charge is 0.259 e. The lowest BCUT2D eigenvalue weighted by molar-refractivity contribution is -0.120. The second-order valence-corrected chi connectivity index (χ2v) is 8.04. The Kier molecular flexibility index (Phi) is 4.77. The van der Waals surface area contributed by atoms with Crippen molar-refractivity contribution >= 4 is 40.3 Å². The summed E-state index contributed by atoms with van der Waals surface area (Å²) in [4.78, 5) is 20.1. The quantitative estimate of drug-likeness (QED) is 0.560. The summed E-state index contributed by atoms with van der Waals surface area (Å²) >= 11 is 5.71. The van der Waals surface area contributed by atoms with E-state index in [0.717, 1.165) is 17.0 Å². The SMILES string of the molecule is [C-]#[N+]c1ccc(N2C(=O)C(C)(C)N(c3ccc(OC4COC4)cc3)C2=S)cc1C. The van der Waals surface area contributed by atoms with Crippen LogP contribution in [0.5, 0.6) is 5.75 Å². The summed E-state index contributed by atoms with van der Waals surface area (Å²) in [6, 6.07) is 12.9. The standard InChI is InChI=1S/C22H21N3O3S/c1-14-11-16(7-10-19(14)23-4)24-20(26)22(2,3)25(21(24)29)15-5-8-17(9-6-15)28-18-12-27-13-18/h5-11,18H,12-13H2,1-3H3. The van der Waals surface area contributed by atoms with Crippen molar-refractivity contribution in [2.24, 2.45) is 0 Å². The van der Waals surface area contributed by atoms with Crippen LogP contribution in [0, 0.1) is 13.5 Å². The molecule has 0 atom stereocenters. The van der Waals surface area contributed by atoms with Gasteiger partial charge in [-0.3, -0.25) is 9.69 Å². The van der Waals surface area contributed by atoms with Gasteiger partial charge in [0, 0.05) is 11.4 Å². The minimum absolute atomic E-state index is 0.101. The molecule has 0 aromatic heterocycles. The van der Waals surface area contributed by atoms with E-state index in [1.165, 1.54) is 0 Å². The first-order chi connectivity index (χ1) is 13.8. The van der Waals surface area contributed by atoms with Gasteiger partial charge in [-0.15, -0.1) is 0 Å². The molecule has 29 heavy (non-hydrogen) atoms. The molecule has 0 aliphatic carbocycles. The van der Waals surface area contributed by atoms with Gasteiger partial charge in [0.25, 0.3) is 5.91 Å². The number of amides is 1. The van der Waals surface area contributed by atoms with Gasteiger partial charge >= 0.3 is 0 Å². The van der Waals surface area contributed by atoms with Crippen LogP contribution in [0.25, 0.3) is 4.85 Å². The van der Waals surface area contributed by atoms with E-state index in [0.29, 0.717) is 29.7 Å². The van der Waals surface area contributed by atoms with Gasteiger partial charge in [0.15, 0.2) is 10.8 Å². The molecule has 1 amide bonds. The van der Waals surface area contributed by atoms with Gasteiger partial charge in [-0.05, 0) is 75.0 Å². The van der Waals surface area contributed by atoms with E-state index in [9.17, 15) is 4.79 Å². The molecule has 2 aromatic rings. The first-order valence-corrected chi connectivity index (χ1v) is 9.75. The van der Waals surface area contributed by atoms with Gasteiger partial charge in [-0.2, -0.15) is 0 Å². The van der Waals surface area contributed by atoms with Crippen LogP contribution in [0.15, 0.2) is 42.5 Å². The largest absolute Gasteiger partial charge is 0.486 e. The predicted molar refractivity (Wildman–Crippen MR) is 116 cm³/mol. The Bertz CT molecular complexity index is 1020. The topological polar surface area (TPSA) is 46.4 Å². The molecule has 0 N–H and O–H groups in total. The zero-order chi connectivity index (χ0) is 20.8. The summed E-state index contributed by atoms with van der Waals surface area (Å²) in [7, 11) is 0. The summed E-state index contributed by atoms with van der Waals surface area (Å²) in [5, 5.41) is 0.413. The molecule has 148 valence electrons. The predicted octanol–water partition coefficient (Wildman–Crippen LogP) is 4.24. The van der Waals surface area contributed by atoms with Gasteiger partial charge < -0.3 is 14.4 Å². The summed E-state index contributed by atoms with van der Waals surface area (Å²) < 4.78 is 10.9. The highest BCUT2D eigenvalue weighted by Crippen LogP contribution is 2.38. The molecule has 7 heteroatoms. The number of hydrogen-bond donors (Lipinski definition) is 0. The lowest BCUT2D eigenvalue weighted by atomic mass is 10.0. The zero-order valence-electron chi connectivity index (χ0n) is 16.5. The highest BCUT2D eigenvalue weighted by Gasteiger charge is 2.50. The number of aryl methyl sites for hydroxylation is 1. The van der Waals surface area contributed by atoms with Crippen LogP contribution in [0.1, 0.15) is 19.4 Å². The van der Waals surface area contributed by atoms with Crippen molar-refractivity contribution in [1.29, 1.82) is 0 Å². The number of ether oxygens (including phenoxy) is 2. The highest BCUT2D eigenvalue weighted by molar-refractivity contribution is 7.81. The van der Waals surface area contributed by atoms with E-state index >= 15 is 0 Å². The Hall–Kier alpha value is -2.95. The number of carbonyl (C=O) groups excluding carboxylic acids is 1. The molecule has 2 aliphatic rings. The summed E-state index contributed by atoms with van der Waals surface area (Å²) in [5.74, 6) is 0.655. The molecule has 0 saturated carbocycles. The third-order valence-corrected chi connectivity index (χ3v) is 5.60. The van der Waals surface area contributed by atoms with Crippen molar-refractivity contribution in [3.05, 3.63) is 59.4 Å². The molecule has 0 radical (unpaired) electrons. The number of rotatable bonds is 4. The minimum Gasteiger partial charge on any atom is -0.486 e. The fourth-order valence-corrected chi connectivity index (χ4v) is 4.03. The Labute approximate surface area is 175 Å². The first-order valence-electron chi connectivity index (χ1n) is 9.34. The molecule has 6 nitrogen and oxygen atoms in total. The number of anilines is 2. The Morgan fingerprint density at radius 3 is 2.38 bits per heavy atom. The average Bonchev–Trinajstić information content (AvgIpc) is 2.83. The maximum absolute atomic E-state index is 13.2. The molecule has 2 saturated heterocycles. The molecular formula is C22H21N3O3S. The van der Waals surface area contributed by atoms with E-state index in [-0.39, 0.29) is 12.0 Å². The lowest BCUT2D eigenvalue weighted by Crippen LogP contribution is -2.44. The maximum Gasteiger partial charge on any atom is 0.259 e. The number of carbonyl (C=O) groups is 1. The summed E-state index contributed by atoms with van der Waals surface area (Å²) in [6.45, 7) is 14.0. The van der Waals surface area contributed by atoms with Crippen molar-refractivity contribution in [1.82, 2.24) is 0 Å². The number of nitrogens with zero attached hydrogens (tertiary/aromatic N) is 3. The van der Waals surface area contributed by atoms with Gasteiger partial charge in [0.05, 0.1) is 19.8 Å². The molecule has 0 unspecified atom stereocenters. The molecule has 2 heterocycles. The number of benzene rings is 2. The van der Waals surface area contributed by atoms with Crippen molar-refractivity contribution < 1.29 is 14.3 Å². The zero-order valence-corrected chi connectivity index (χ0v) is 17.3.